The summed E-state index contributed by atoms with van der Waals surface area (Å²) in [6, 6.07) is 7.89. The van der Waals surface area contributed by atoms with Gasteiger partial charge in [-0.2, -0.15) is 0 Å². The maximum Gasteiger partial charge on any atom is 0.410 e. The number of carbonyl (C=O) groups is 2. The number of hydrogen-bond donors (Lipinski definition) is 2. The van der Waals surface area contributed by atoms with Crippen LogP contribution in [0.4, 0.5) is 4.79 Å². The van der Waals surface area contributed by atoms with Crippen LogP contribution in [0.5, 0.6) is 0 Å². The van der Waals surface area contributed by atoms with Crippen molar-refractivity contribution in [3.63, 3.8) is 0 Å². The molecule has 7 nitrogen and oxygen atoms in total. The molecule has 0 bridgehead atoms. The van der Waals surface area contributed by atoms with Gasteiger partial charge in [0.05, 0.1) is 19.1 Å². The number of aromatic nitrogens is 1. The monoisotopic (exact) mass is 416 g/mol. The van der Waals surface area contributed by atoms with E-state index < -0.39 is 23.7 Å². The van der Waals surface area contributed by atoms with E-state index in [0.29, 0.717) is 25.9 Å². The first-order chi connectivity index (χ1) is 14.1. The van der Waals surface area contributed by atoms with E-state index in [1.807, 2.05) is 45.0 Å². The number of methoxy groups -OCH3 is 1. The number of aliphatic hydroxyl groups excluding tert-OH is 1. The Kier molecular flexibility index (Phi) is 6.41. The molecule has 1 aliphatic rings. The van der Waals surface area contributed by atoms with Crippen LogP contribution in [0.25, 0.3) is 10.9 Å². The highest BCUT2D eigenvalue weighted by Crippen LogP contribution is 2.35. The fraction of sp³-hybridized carbons (Fsp3) is 0.565. The first-order valence-corrected chi connectivity index (χ1v) is 10.4. The van der Waals surface area contributed by atoms with Crippen molar-refractivity contribution in [2.24, 2.45) is 5.92 Å². The fourth-order valence-corrected chi connectivity index (χ4v) is 4.10. The van der Waals surface area contributed by atoms with Crippen molar-refractivity contribution in [2.45, 2.75) is 58.2 Å². The number of nitrogens with zero attached hydrogens (tertiary/aromatic N) is 1. The van der Waals surface area contributed by atoms with Gasteiger partial charge >= 0.3 is 12.1 Å². The van der Waals surface area contributed by atoms with E-state index in [1.165, 1.54) is 7.11 Å². The number of esters is 1. The van der Waals surface area contributed by atoms with Gasteiger partial charge in [-0.1, -0.05) is 18.2 Å². The Morgan fingerprint density at radius 1 is 1.27 bits per heavy atom. The molecule has 0 spiro atoms. The van der Waals surface area contributed by atoms with Gasteiger partial charge in [0.25, 0.3) is 0 Å². The molecule has 7 heteroatoms. The quantitative estimate of drug-likeness (QED) is 0.730. The third-order valence-corrected chi connectivity index (χ3v) is 5.64. The van der Waals surface area contributed by atoms with Gasteiger partial charge in [0.2, 0.25) is 0 Å². The molecule has 1 aliphatic heterocycles. The van der Waals surface area contributed by atoms with Crippen molar-refractivity contribution < 1.29 is 24.2 Å². The number of benzene rings is 1. The number of ether oxygens (including phenoxy) is 2. The predicted octanol–water partition coefficient (Wildman–Crippen LogP) is 3.60. The first kappa shape index (κ1) is 22.2. The topological polar surface area (TPSA) is 91.9 Å². The molecule has 1 aromatic carbocycles. The van der Waals surface area contributed by atoms with Gasteiger partial charge in [0, 0.05) is 35.6 Å². The summed E-state index contributed by atoms with van der Waals surface area (Å²) in [6.07, 6.45) is -0.179. The zero-order chi connectivity index (χ0) is 22.1. The van der Waals surface area contributed by atoms with E-state index in [0.717, 1.165) is 22.2 Å². The molecule has 0 saturated heterocycles. The minimum absolute atomic E-state index is 0.306. The van der Waals surface area contributed by atoms with Crippen molar-refractivity contribution in [3.8, 4) is 0 Å². The molecule has 0 saturated carbocycles. The van der Waals surface area contributed by atoms with Crippen molar-refractivity contribution in [2.75, 3.05) is 20.2 Å². The first-order valence-electron chi connectivity index (χ1n) is 10.4. The van der Waals surface area contributed by atoms with E-state index in [-0.39, 0.29) is 11.9 Å². The van der Waals surface area contributed by atoms with Crippen LogP contribution < -0.4 is 0 Å². The van der Waals surface area contributed by atoms with Crippen LogP contribution in [0.2, 0.25) is 0 Å². The number of aliphatic hydroxyl groups is 1. The van der Waals surface area contributed by atoms with E-state index in [9.17, 15) is 14.7 Å². The average Bonchev–Trinajstić information content (AvgIpc) is 3.05. The zero-order valence-electron chi connectivity index (χ0n) is 18.4. The molecular formula is C23H32N2O5. The lowest BCUT2D eigenvalue weighted by Gasteiger charge is -2.31. The molecule has 2 heterocycles. The smallest absolute Gasteiger partial charge is 0.410 e. The van der Waals surface area contributed by atoms with Crippen LogP contribution in [0.3, 0.4) is 0 Å². The number of para-hydroxylation sites is 1. The Morgan fingerprint density at radius 3 is 2.60 bits per heavy atom. The number of rotatable bonds is 2. The lowest BCUT2D eigenvalue weighted by Crippen LogP contribution is -2.42. The molecule has 0 aliphatic carbocycles. The molecule has 164 valence electrons. The summed E-state index contributed by atoms with van der Waals surface area (Å²) in [6.45, 7) is 7.93. The largest absolute Gasteiger partial charge is 0.469 e. The average molecular weight is 417 g/mol. The number of H-pyrrole nitrogens is 1. The molecule has 0 fully saturated rings. The molecule has 1 aromatic heterocycles. The van der Waals surface area contributed by atoms with Crippen LogP contribution in [0.15, 0.2) is 24.3 Å². The lowest BCUT2D eigenvalue weighted by atomic mass is 9.87. The van der Waals surface area contributed by atoms with Crippen LogP contribution in [-0.4, -0.2) is 59.0 Å². The molecule has 0 unspecified atom stereocenters. The zero-order valence-corrected chi connectivity index (χ0v) is 18.4. The highest BCUT2D eigenvalue weighted by molar-refractivity contribution is 5.88. The summed E-state index contributed by atoms with van der Waals surface area (Å²) >= 11 is 0. The summed E-state index contributed by atoms with van der Waals surface area (Å²) in [5.74, 6) is -1.20. The predicted molar refractivity (Wildman–Crippen MR) is 114 cm³/mol. The van der Waals surface area contributed by atoms with Gasteiger partial charge < -0.3 is 24.5 Å². The number of amides is 1. The van der Waals surface area contributed by atoms with Gasteiger partial charge in [-0.25, -0.2) is 4.79 Å². The van der Waals surface area contributed by atoms with Crippen molar-refractivity contribution in [1.82, 2.24) is 9.88 Å². The Labute approximate surface area is 177 Å². The summed E-state index contributed by atoms with van der Waals surface area (Å²) in [4.78, 5) is 30.6. The Bertz CT molecular complexity index is 912. The molecule has 3 atom stereocenters. The minimum atomic E-state index is -0.701. The molecular weight excluding hydrogens is 384 g/mol. The van der Waals surface area contributed by atoms with Crippen LogP contribution in [-0.2, 0) is 20.7 Å². The molecule has 1 amide bonds. The van der Waals surface area contributed by atoms with Gasteiger partial charge in [0.15, 0.2) is 0 Å². The molecule has 2 N–H and O–H groups in total. The molecule has 2 aromatic rings. The second-order valence-corrected chi connectivity index (χ2v) is 9.05. The van der Waals surface area contributed by atoms with Crippen molar-refractivity contribution >= 4 is 23.0 Å². The highest BCUT2D eigenvalue weighted by Gasteiger charge is 2.35. The second-order valence-electron chi connectivity index (χ2n) is 9.05. The molecule has 3 rings (SSSR count). The summed E-state index contributed by atoms with van der Waals surface area (Å²) in [7, 11) is 1.38. The van der Waals surface area contributed by atoms with Gasteiger partial charge in [-0.05, 0) is 52.2 Å². The van der Waals surface area contributed by atoms with Gasteiger partial charge in [-0.15, -0.1) is 0 Å². The minimum Gasteiger partial charge on any atom is -0.469 e. The normalized spacial score (nSPS) is 21.2. The van der Waals surface area contributed by atoms with E-state index in [1.54, 1.807) is 11.8 Å². The van der Waals surface area contributed by atoms with Crippen molar-refractivity contribution in [1.29, 1.82) is 0 Å². The second kappa shape index (κ2) is 8.68. The van der Waals surface area contributed by atoms with E-state index in [4.69, 9.17) is 9.47 Å². The van der Waals surface area contributed by atoms with Crippen LogP contribution in [0.1, 0.15) is 51.3 Å². The van der Waals surface area contributed by atoms with Crippen LogP contribution in [0, 0.1) is 5.92 Å². The standard InChI is InChI=1S/C23H32N2O5/c1-14(26)15-12-18(21(27)29-5)20-17(16-8-6-7-9-19(16)24-20)10-11-25(13-15)22(28)30-23(2,3)4/h6-9,14-15,18,24,26H,10-13H2,1-5H3/t14-,15-,18-/m0/s1. The Morgan fingerprint density at radius 2 is 1.97 bits per heavy atom. The molecule has 0 radical (unpaired) electrons. The Hall–Kier alpha value is -2.54. The molecule has 30 heavy (non-hydrogen) atoms. The number of hydrogen-bond acceptors (Lipinski definition) is 5. The fourth-order valence-electron chi connectivity index (χ4n) is 4.10. The highest BCUT2D eigenvalue weighted by atomic mass is 16.6. The van der Waals surface area contributed by atoms with Gasteiger partial charge in [0.1, 0.15) is 5.60 Å². The maximum absolute atomic E-state index is 12.9. The number of aromatic amines is 1. The van der Waals surface area contributed by atoms with Crippen LogP contribution >= 0.6 is 0 Å². The lowest BCUT2D eigenvalue weighted by molar-refractivity contribution is -0.143. The SMILES string of the molecule is COC(=O)[C@H]1C[C@H]([C@H](C)O)CN(C(=O)OC(C)(C)C)CCc2c1[nH]c1ccccc21. The third-order valence-electron chi connectivity index (χ3n) is 5.64. The summed E-state index contributed by atoms with van der Waals surface area (Å²) in [5, 5.41) is 11.5. The van der Waals surface area contributed by atoms with E-state index in [2.05, 4.69) is 4.98 Å². The number of carbonyl (C=O) groups excluding carboxylic acids is 2. The van der Waals surface area contributed by atoms with E-state index >= 15 is 0 Å². The third kappa shape index (κ3) is 4.78. The number of nitrogens with one attached hydrogen (secondary N) is 1. The number of fused-ring (bicyclic) bond motifs is 3. The summed E-state index contributed by atoms with van der Waals surface area (Å²) in [5.41, 5.74) is 2.13. The Balaban J connectivity index is 2.06. The maximum atomic E-state index is 12.9. The van der Waals surface area contributed by atoms with Crippen molar-refractivity contribution in [3.05, 3.63) is 35.5 Å². The summed E-state index contributed by atoms with van der Waals surface area (Å²) < 4.78 is 10.7. The van der Waals surface area contributed by atoms with Gasteiger partial charge in [-0.3, -0.25) is 4.79 Å².